The van der Waals surface area contributed by atoms with Crippen molar-refractivity contribution in [1.29, 1.82) is 0 Å². The second kappa shape index (κ2) is 11.9. The SMILES string of the molecule is CCCCCCOc1ccccc1OC(=O)c1ccc(C(=O)OCC)cc1CC. The van der Waals surface area contributed by atoms with Gasteiger partial charge < -0.3 is 14.2 Å². The second-order valence-electron chi connectivity index (χ2n) is 6.69. The van der Waals surface area contributed by atoms with Gasteiger partial charge in [0.1, 0.15) is 0 Å². The standard InChI is InChI=1S/C24H30O5/c1-4-7-8-11-16-28-21-12-9-10-13-22(21)29-24(26)20-15-14-19(17-18(20)5-2)23(25)27-6-3/h9-10,12-15,17H,4-8,11,16H2,1-3H3. The van der Waals surface area contributed by atoms with Gasteiger partial charge in [0.2, 0.25) is 0 Å². The van der Waals surface area contributed by atoms with Crippen LogP contribution in [0.3, 0.4) is 0 Å². The van der Waals surface area contributed by atoms with Crippen molar-refractivity contribution in [1.82, 2.24) is 0 Å². The minimum atomic E-state index is -0.473. The van der Waals surface area contributed by atoms with Crippen LogP contribution in [-0.4, -0.2) is 25.2 Å². The molecule has 156 valence electrons. The van der Waals surface area contributed by atoms with Crippen LogP contribution in [0.15, 0.2) is 42.5 Å². The molecule has 0 amide bonds. The molecule has 0 unspecified atom stereocenters. The van der Waals surface area contributed by atoms with Crippen LogP contribution in [0.2, 0.25) is 0 Å². The van der Waals surface area contributed by atoms with Crippen molar-refractivity contribution in [2.24, 2.45) is 0 Å². The van der Waals surface area contributed by atoms with Crippen LogP contribution in [0.25, 0.3) is 0 Å². The summed E-state index contributed by atoms with van der Waals surface area (Å²) in [4.78, 5) is 24.7. The number of rotatable bonds is 11. The number of ether oxygens (including phenoxy) is 3. The van der Waals surface area contributed by atoms with E-state index < -0.39 is 11.9 Å². The fraction of sp³-hybridized carbons (Fsp3) is 0.417. The summed E-state index contributed by atoms with van der Waals surface area (Å²) in [5.41, 5.74) is 1.59. The Hall–Kier alpha value is -2.82. The predicted molar refractivity (Wildman–Crippen MR) is 113 cm³/mol. The number of unbranched alkanes of at least 4 members (excludes halogenated alkanes) is 3. The van der Waals surface area contributed by atoms with Gasteiger partial charge in [0.15, 0.2) is 11.5 Å². The number of aryl methyl sites for hydroxylation is 1. The third-order valence-electron chi connectivity index (χ3n) is 4.52. The van der Waals surface area contributed by atoms with E-state index in [9.17, 15) is 9.59 Å². The minimum absolute atomic E-state index is 0.305. The Morgan fingerprint density at radius 1 is 0.862 bits per heavy atom. The summed E-state index contributed by atoms with van der Waals surface area (Å²) in [5, 5.41) is 0. The maximum Gasteiger partial charge on any atom is 0.343 e. The Labute approximate surface area is 173 Å². The summed E-state index contributed by atoms with van der Waals surface area (Å²) >= 11 is 0. The Morgan fingerprint density at radius 2 is 1.62 bits per heavy atom. The van der Waals surface area contributed by atoms with Gasteiger partial charge in [-0.05, 0) is 55.7 Å². The molecule has 0 N–H and O–H groups in total. The third kappa shape index (κ3) is 6.63. The summed E-state index contributed by atoms with van der Waals surface area (Å²) in [5.74, 6) is 0.0753. The van der Waals surface area contributed by atoms with Gasteiger partial charge in [0, 0.05) is 0 Å². The van der Waals surface area contributed by atoms with Gasteiger partial charge in [-0.3, -0.25) is 0 Å². The molecular weight excluding hydrogens is 368 g/mol. The van der Waals surface area contributed by atoms with Gasteiger partial charge in [-0.15, -0.1) is 0 Å². The van der Waals surface area contributed by atoms with E-state index in [4.69, 9.17) is 14.2 Å². The van der Waals surface area contributed by atoms with Crippen LogP contribution >= 0.6 is 0 Å². The molecule has 29 heavy (non-hydrogen) atoms. The molecule has 2 aromatic carbocycles. The summed E-state index contributed by atoms with van der Waals surface area (Å²) in [7, 11) is 0. The molecule has 0 bridgehead atoms. The molecule has 0 aliphatic carbocycles. The molecule has 0 aromatic heterocycles. The van der Waals surface area contributed by atoms with E-state index in [2.05, 4.69) is 6.92 Å². The van der Waals surface area contributed by atoms with Crippen molar-refractivity contribution >= 4 is 11.9 Å². The molecule has 0 aliphatic heterocycles. The molecule has 5 heteroatoms. The van der Waals surface area contributed by atoms with Crippen molar-refractivity contribution in [2.75, 3.05) is 13.2 Å². The van der Waals surface area contributed by atoms with E-state index in [1.54, 1.807) is 43.3 Å². The first kappa shape index (κ1) is 22.5. The van der Waals surface area contributed by atoms with Crippen molar-refractivity contribution in [3.05, 3.63) is 59.2 Å². The average molecular weight is 398 g/mol. The number of para-hydroxylation sites is 2. The van der Waals surface area contributed by atoms with Crippen LogP contribution in [0.1, 0.15) is 72.7 Å². The normalized spacial score (nSPS) is 10.4. The largest absolute Gasteiger partial charge is 0.490 e. The number of carbonyl (C=O) groups excluding carboxylic acids is 2. The lowest BCUT2D eigenvalue weighted by Gasteiger charge is -2.13. The molecule has 2 aromatic rings. The van der Waals surface area contributed by atoms with E-state index in [0.717, 1.165) is 18.4 Å². The van der Waals surface area contributed by atoms with E-state index in [-0.39, 0.29) is 0 Å². The van der Waals surface area contributed by atoms with Gasteiger partial charge in [0.25, 0.3) is 0 Å². The van der Waals surface area contributed by atoms with Crippen molar-refractivity contribution in [2.45, 2.75) is 52.9 Å². The van der Waals surface area contributed by atoms with Gasteiger partial charge >= 0.3 is 11.9 Å². The van der Waals surface area contributed by atoms with Crippen molar-refractivity contribution < 1.29 is 23.8 Å². The molecule has 0 saturated carbocycles. The lowest BCUT2D eigenvalue weighted by molar-refractivity contribution is 0.0525. The molecule has 0 aliphatic rings. The summed E-state index contributed by atoms with van der Waals surface area (Å²) < 4.78 is 16.5. The number of esters is 2. The topological polar surface area (TPSA) is 61.8 Å². The van der Waals surface area contributed by atoms with Crippen molar-refractivity contribution in [3.8, 4) is 11.5 Å². The van der Waals surface area contributed by atoms with Crippen LogP contribution in [0.5, 0.6) is 11.5 Å². The van der Waals surface area contributed by atoms with Crippen LogP contribution in [0, 0.1) is 0 Å². The highest BCUT2D eigenvalue weighted by molar-refractivity contribution is 5.96. The lowest BCUT2D eigenvalue weighted by Crippen LogP contribution is -2.14. The minimum Gasteiger partial charge on any atom is -0.490 e. The second-order valence-corrected chi connectivity index (χ2v) is 6.69. The number of carbonyl (C=O) groups is 2. The van der Waals surface area contributed by atoms with Crippen LogP contribution in [-0.2, 0) is 11.2 Å². The number of hydrogen-bond acceptors (Lipinski definition) is 5. The summed E-state index contributed by atoms with van der Waals surface area (Å²) in [6.45, 7) is 6.74. The van der Waals surface area contributed by atoms with Gasteiger partial charge in [-0.1, -0.05) is 45.2 Å². The zero-order valence-electron chi connectivity index (χ0n) is 17.5. The molecule has 0 spiro atoms. The van der Waals surface area contributed by atoms with E-state index in [1.807, 2.05) is 13.0 Å². The molecule has 0 fully saturated rings. The fourth-order valence-corrected chi connectivity index (χ4v) is 2.95. The lowest BCUT2D eigenvalue weighted by atomic mass is 10.0. The highest BCUT2D eigenvalue weighted by Gasteiger charge is 2.18. The van der Waals surface area contributed by atoms with Crippen LogP contribution in [0.4, 0.5) is 0 Å². The van der Waals surface area contributed by atoms with E-state index >= 15 is 0 Å². The van der Waals surface area contributed by atoms with Gasteiger partial charge in [-0.25, -0.2) is 9.59 Å². The molecule has 0 atom stereocenters. The van der Waals surface area contributed by atoms with E-state index in [1.165, 1.54) is 12.8 Å². The third-order valence-corrected chi connectivity index (χ3v) is 4.52. The van der Waals surface area contributed by atoms with Gasteiger partial charge in [0.05, 0.1) is 24.3 Å². The number of benzene rings is 2. The molecule has 0 saturated heterocycles. The average Bonchev–Trinajstić information content (AvgIpc) is 2.74. The van der Waals surface area contributed by atoms with Gasteiger partial charge in [-0.2, -0.15) is 0 Å². The highest BCUT2D eigenvalue weighted by atomic mass is 16.6. The quantitative estimate of drug-likeness (QED) is 0.280. The molecular formula is C24H30O5. The first-order chi connectivity index (χ1) is 14.1. The van der Waals surface area contributed by atoms with Crippen LogP contribution < -0.4 is 9.47 Å². The monoisotopic (exact) mass is 398 g/mol. The maximum atomic E-state index is 12.8. The Balaban J connectivity index is 2.11. The van der Waals surface area contributed by atoms with Crippen molar-refractivity contribution in [3.63, 3.8) is 0 Å². The Kier molecular flexibility index (Phi) is 9.22. The number of hydrogen-bond donors (Lipinski definition) is 0. The summed E-state index contributed by atoms with van der Waals surface area (Å²) in [6, 6.07) is 12.1. The molecule has 5 nitrogen and oxygen atoms in total. The fourth-order valence-electron chi connectivity index (χ4n) is 2.95. The molecule has 0 radical (unpaired) electrons. The zero-order valence-corrected chi connectivity index (χ0v) is 17.5. The highest BCUT2D eigenvalue weighted by Crippen LogP contribution is 2.28. The summed E-state index contributed by atoms with van der Waals surface area (Å²) in [6.07, 6.45) is 5.02. The molecule has 0 heterocycles. The Bertz CT molecular complexity index is 813. The predicted octanol–water partition coefficient (Wildman–Crippen LogP) is 5.60. The molecule has 2 rings (SSSR count). The smallest absolute Gasteiger partial charge is 0.343 e. The zero-order chi connectivity index (χ0) is 21.1. The first-order valence-electron chi connectivity index (χ1n) is 10.3. The Morgan fingerprint density at radius 3 is 2.31 bits per heavy atom. The van der Waals surface area contributed by atoms with E-state index in [0.29, 0.717) is 42.3 Å². The first-order valence-corrected chi connectivity index (χ1v) is 10.3. The maximum absolute atomic E-state index is 12.8.